The Bertz CT molecular complexity index is 1830. The molecule has 0 radical (unpaired) electrons. The first-order valence-corrected chi connectivity index (χ1v) is 12.4. The van der Waals surface area contributed by atoms with Crippen LogP contribution in [0.3, 0.4) is 0 Å². The number of allylic oxidation sites excluding steroid dienone is 1. The monoisotopic (exact) mass is 520 g/mol. The van der Waals surface area contributed by atoms with Crippen molar-refractivity contribution in [3.8, 4) is 16.8 Å². The number of hydrogen-bond donors (Lipinski definition) is 3. The van der Waals surface area contributed by atoms with Crippen LogP contribution in [0.15, 0.2) is 78.0 Å². The smallest absolute Gasteiger partial charge is 0.333 e. The van der Waals surface area contributed by atoms with Crippen LogP contribution in [-0.4, -0.2) is 43.4 Å². The fourth-order valence-corrected chi connectivity index (χ4v) is 4.65. The van der Waals surface area contributed by atoms with Gasteiger partial charge in [0.25, 0.3) is 0 Å². The second-order valence-electron chi connectivity index (χ2n) is 9.84. The molecule has 0 amide bonds. The van der Waals surface area contributed by atoms with E-state index >= 15 is 0 Å². The summed E-state index contributed by atoms with van der Waals surface area (Å²) in [5.74, 6) is -0.920. The molecule has 0 spiro atoms. The van der Waals surface area contributed by atoms with Gasteiger partial charge in [-0.15, -0.1) is 0 Å². The van der Waals surface area contributed by atoms with Crippen LogP contribution >= 0.6 is 0 Å². The highest BCUT2D eigenvalue weighted by Gasteiger charge is 2.29. The summed E-state index contributed by atoms with van der Waals surface area (Å²) in [5, 5.41) is 20.9. The van der Waals surface area contributed by atoms with Gasteiger partial charge >= 0.3 is 11.7 Å². The van der Waals surface area contributed by atoms with E-state index in [0.717, 1.165) is 22.0 Å². The number of carboxylic acid groups (broad SMARTS) is 1. The van der Waals surface area contributed by atoms with E-state index in [1.165, 1.54) is 6.21 Å². The number of pyridine rings is 2. The number of carboxylic acids is 1. The highest BCUT2D eigenvalue weighted by molar-refractivity contribution is 6.07. The number of aliphatic carboxylic acids is 1. The van der Waals surface area contributed by atoms with E-state index in [4.69, 9.17) is 5.41 Å². The first kappa shape index (κ1) is 25.6. The van der Waals surface area contributed by atoms with Gasteiger partial charge in [0.15, 0.2) is 0 Å². The maximum atomic E-state index is 13.4. The molecule has 3 N–H and O–H groups in total. The van der Waals surface area contributed by atoms with Crippen LogP contribution < -0.4 is 11.0 Å². The van der Waals surface area contributed by atoms with Crippen molar-refractivity contribution in [2.24, 2.45) is 7.05 Å². The van der Waals surface area contributed by atoms with E-state index in [1.54, 1.807) is 79.9 Å². The molecule has 0 aliphatic carbocycles. The standard InChI is InChI=1S/C30H28N6O3/c1-30(2,28(37)38)21-7-9-22(10-8-21)36-27-23-13-18(5-12-25(23)34-17-26(27)35(4)29(36)39)19-6-11-24(33-16-19)20(14-31)15-32-3/h5-17,31-32H,1-4H3,(H,37,38)/b20-15+,31-14?. The molecule has 0 aliphatic heterocycles. The molecule has 9 nitrogen and oxygen atoms in total. The second-order valence-corrected chi connectivity index (χ2v) is 9.84. The van der Waals surface area contributed by atoms with Crippen molar-refractivity contribution in [3.63, 3.8) is 0 Å². The predicted octanol–water partition coefficient (Wildman–Crippen LogP) is 4.51. The van der Waals surface area contributed by atoms with Crippen molar-refractivity contribution < 1.29 is 9.90 Å². The maximum Gasteiger partial charge on any atom is 0.333 e. The summed E-state index contributed by atoms with van der Waals surface area (Å²) in [7, 11) is 3.48. The average Bonchev–Trinajstić information content (AvgIpc) is 3.21. The minimum absolute atomic E-state index is 0.225. The lowest BCUT2D eigenvalue weighted by Gasteiger charge is -2.20. The van der Waals surface area contributed by atoms with E-state index in [1.807, 2.05) is 30.3 Å². The average molecular weight is 521 g/mol. The van der Waals surface area contributed by atoms with E-state index < -0.39 is 11.4 Å². The van der Waals surface area contributed by atoms with Crippen LogP contribution in [0.4, 0.5) is 0 Å². The molecule has 0 saturated heterocycles. The third kappa shape index (κ3) is 4.27. The summed E-state index contributed by atoms with van der Waals surface area (Å²) in [6.07, 6.45) is 6.43. The molecule has 3 aromatic heterocycles. The van der Waals surface area contributed by atoms with Crippen LogP contribution in [0.25, 0.3) is 44.3 Å². The molecule has 9 heteroatoms. The largest absolute Gasteiger partial charge is 0.481 e. The Morgan fingerprint density at radius 3 is 2.36 bits per heavy atom. The minimum atomic E-state index is -1.06. The number of fused-ring (bicyclic) bond motifs is 3. The molecule has 0 saturated carbocycles. The number of nitrogens with one attached hydrogen (secondary N) is 2. The van der Waals surface area contributed by atoms with Gasteiger partial charge in [-0.1, -0.05) is 24.3 Å². The number of carbonyl (C=O) groups is 1. The van der Waals surface area contributed by atoms with E-state index in [-0.39, 0.29) is 5.69 Å². The fourth-order valence-electron chi connectivity index (χ4n) is 4.65. The summed E-state index contributed by atoms with van der Waals surface area (Å²) in [5.41, 5.74) is 5.27. The summed E-state index contributed by atoms with van der Waals surface area (Å²) in [6.45, 7) is 3.30. The second kappa shape index (κ2) is 9.68. The van der Waals surface area contributed by atoms with Gasteiger partial charge in [-0.05, 0) is 55.3 Å². The molecule has 0 aliphatic rings. The number of rotatable bonds is 7. The molecule has 5 rings (SSSR count). The van der Waals surface area contributed by atoms with Crippen molar-refractivity contribution in [3.05, 3.63) is 94.9 Å². The van der Waals surface area contributed by atoms with Crippen molar-refractivity contribution in [1.82, 2.24) is 24.4 Å². The van der Waals surface area contributed by atoms with E-state index in [2.05, 4.69) is 15.3 Å². The Kier molecular flexibility index (Phi) is 6.35. The van der Waals surface area contributed by atoms with Gasteiger partial charge in [0.2, 0.25) is 0 Å². The SMILES string of the molecule is CN/C=C(\C=N)c1ccc(-c2ccc3ncc4c(c3c2)n(-c2ccc(C(C)(C)C(=O)O)cc2)c(=O)n4C)cn1. The molecule has 3 heterocycles. The first-order chi connectivity index (χ1) is 18.7. The third-order valence-electron chi connectivity index (χ3n) is 7.11. The number of hydrogen-bond acceptors (Lipinski definition) is 6. The number of imidazole rings is 1. The molecule has 0 unspecified atom stereocenters. The van der Waals surface area contributed by atoms with Gasteiger partial charge in [-0.3, -0.25) is 23.9 Å². The van der Waals surface area contributed by atoms with Crippen LogP contribution in [0.5, 0.6) is 0 Å². The van der Waals surface area contributed by atoms with Gasteiger partial charge < -0.3 is 15.8 Å². The Hall–Kier alpha value is -5.05. The van der Waals surface area contributed by atoms with Gasteiger partial charge in [-0.2, -0.15) is 0 Å². The molecule has 39 heavy (non-hydrogen) atoms. The predicted molar refractivity (Wildman–Crippen MR) is 154 cm³/mol. The van der Waals surface area contributed by atoms with Crippen LogP contribution in [0, 0.1) is 5.41 Å². The van der Waals surface area contributed by atoms with Crippen LogP contribution in [0.1, 0.15) is 25.1 Å². The van der Waals surface area contributed by atoms with Gasteiger partial charge in [-0.25, -0.2) is 4.79 Å². The summed E-state index contributed by atoms with van der Waals surface area (Å²) < 4.78 is 3.20. The van der Waals surface area contributed by atoms with Gasteiger partial charge in [0.05, 0.1) is 39.5 Å². The molecule has 0 fully saturated rings. The van der Waals surface area contributed by atoms with E-state index in [9.17, 15) is 14.7 Å². The Morgan fingerprint density at radius 2 is 1.74 bits per heavy atom. The van der Waals surface area contributed by atoms with Crippen LogP contribution in [0.2, 0.25) is 0 Å². The molecule has 2 aromatic carbocycles. The fraction of sp³-hybridized carbons (Fsp3) is 0.167. The molecule has 0 atom stereocenters. The molecule has 0 bridgehead atoms. The molecule has 5 aromatic rings. The first-order valence-electron chi connectivity index (χ1n) is 12.4. The maximum absolute atomic E-state index is 13.4. The topological polar surface area (TPSA) is 126 Å². The zero-order valence-electron chi connectivity index (χ0n) is 22.1. The Balaban J connectivity index is 1.67. The number of benzene rings is 2. The lowest BCUT2D eigenvalue weighted by atomic mass is 9.85. The highest BCUT2D eigenvalue weighted by Crippen LogP contribution is 2.31. The van der Waals surface area contributed by atoms with Crippen molar-refractivity contribution in [1.29, 1.82) is 5.41 Å². The lowest BCUT2D eigenvalue weighted by Crippen LogP contribution is -2.28. The van der Waals surface area contributed by atoms with Crippen molar-refractivity contribution in [2.75, 3.05) is 7.05 Å². The van der Waals surface area contributed by atoms with Crippen molar-refractivity contribution in [2.45, 2.75) is 19.3 Å². The zero-order chi connectivity index (χ0) is 27.9. The van der Waals surface area contributed by atoms with Crippen molar-refractivity contribution >= 4 is 39.7 Å². The number of aromatic nitrogens is 4. The summed E-state index contributed by atoms with van der Waals surface area (Å²) >= 11 is 0. The van der Waals surface area contributed by atoms with Gasteiger partial charge in [0, 0.05) is 49.2 Å². The number of aryl methyl sites for hydroxylation is 1. The zero-order valence-corrected chi connectivity index (χ0v) is 22.1. The Morgan fingerprint density at radius 1 is 1.03 bits per heavy atom. The lowest BCUT2D eigenvalue weighted by molar-refractivity contribution is -0.142. The van der Waals surface area contributed by atoms with Crippen LogP contribution in [-0.2, 0) is 17.3 Å². The quantitative estimate of drug-likeness (QED) is 0.271. The normalized spacial score (nSPS) is 12.2. The number of nitrogens with zero attached hydrogens (tertiary/aromatic N) is 4. The summed E-state index contributed by atoms with van der Waals surface area (Å²) in [4.78, 5) is 34.3. The molecular formula is C30H28N6O3. The summed E-state index contributed by atoms with van der Waals surface area (Å²) in [6, 6.07) is 16.8. The van der Waals surface area contributed by atoms with Gasteiger partial charge in [0.1, 0.15) is 0 Å². The highest BCUT2D eigenvalue weighted by atomic mass is 16.4. The van der Waals surface area contributed by atoms with E-state index in [0.29, 0.717) is 33.6 Å². The minimum Gasteiger partial charge on any atom is -0.481 e. The molecular weight excluding hydrogens is 492 g/mol. The Labute approximate surface area is 224 Å². The molecule has 196 valence electrons. The third-order valence-corrected chi connectivity index (χ3v) is 7.11.